The van der Waals surface area contributed by atoms with E-state index in [4.69, 9.17) is 4.74 Å². The molecule has 144 valence electrons. The zero-order chi connectivity index (χ0) is 18.7. The number of aromatic amines is 1. The zero-order valence-electron chi connectivity index (χ0n) is 16.0. The summed E-state index contributed by atoms with van der Waals surface area (Å²) in [5.41, 5.74) is 1.63. The van der Waals surface area contributed by atoms with E-state index >= 15 is 0 Å². The summed E-state index contributed by atoms with van der Waals surface area (Å²) in [6.45, 7) is 5.77. The number of likely N-dealkylation sites (tertiary alicyclic amines) is 2. The minimum Gasteiger partial charge on any atom is -0.375 e. The number of H-pyrrole nitrogens is 1. The molecule has 7 heteroatoms. The van der Waals surface area contributed by atoms with E-state index in [2.05, 4.69) is 24.0 Å². The Morgan fingerprint density at radius 2 is 1.85 bits per heavy atom. The number of nitrogens with zero attached hydrogens (tertiary/aromatic N) is 3. The first kappa shape index (κ1) is 18.9. The largest absolute Gasteiger partial charge is 0.375 e. The van der Waals surface area contributed by atoms with Crippen molar-refractivity contribution in [3.63, 3.8) is 0 Å². The van der Waals surface area contributed by atoms with E-state index in [1.165, 1.54) is 13.5 Å². The monoisotopic (exact) mass is 362 g/mol. The Bertz CT molecular complexity index is 626. The molecular formula is C19H30N4O3. The standard InChI is InChI=1S/C19H30N4O3/c1-13-5-4-6-14(2)23(13)19(25)16-11-20-21-18(16)15-7-9-22(10-8-15)17(24)12-26-3/h11,13-15H,4-10,12H2,1-3H3,(H,20,21). The normalized spacial score (nSPS) is 24.7. The molecule has 2 atom stereocenters. The molecule has 3 heterocycles. The maximum Gasteiger partial charge on any atom is 0.257 e. The van der Waals surface area contributed by atoms with Gasteiger partial charge in [-0.1, -0.05) is 0 Å². The van der Waals surface area contributed by atoms with Crippen LogP contribution in [0.4, 0.5) is 0 Å². The van der Waals surface area contributed by atoms with E-state index in [1.807, 2.05) is 9.80 Å². The molecule has 2 amide bonds. The van der Waals surface area contributed by atoms with Crippen molar-refractivity contribution in [2.75, 3.05) is 26.8 Å². The van der Waals surface area contributed by atoms with E-state index in [0.29, 0.717) is 18.7 Å². The average Bonchev–Trinajstić information content (AvgIpc) is 3.11. The Hall–Kier alpha value is -1.89. The van der Waals surface area contributed by atoms with Crippen LogP contribution >= 0.6 is 0 Å². The molecule has 0 aromatic carbocycles. The molecule has 0 radical (unpaired) electrons. The number of hydrogen-bond acceptors (Lipinski definition) is 4. The summed E-state index contributed by atoms with van der Waals surface area (Å²) in [5, 5.41) is 7.24. The smallest absolute Gasteiger partial charge is 0.257 e. The van der Waals surface area contributed by atoms with Gasteiger partial charge in [0, 0.05) is 38.2 Å². The Balaban J connectivity index is 1.69. The van der Waals surface area contributed by atoms with Gasteiger partial charge in [-0.3, -0.25) is 14.7 Å². The van der Waals surface area contributed by atoms with Crippen molar-refractivity contribution in [3.05, 3.63) is 17.5 Å². The second kappa shape index (κ2) is 8.20. The number of methoxy groups -OCH3 is 1. The summed E-state index contributed by atoms with van der Waals surface area (Å²) in [6.07, 6.45) is 6.64. The summed E-state index contributed by atoms with van der Waals surface area (Å²) >= 11 is 0. The lowest BCUT2D eigenvalue weighted by Crippen LogP contribution is -2.47. The molecule has 7 nitrogen and oxygen atoms in total. The fourth-order valence-electron chi connectivity index (χ4n) is 4.37. The van der Waals surface area contributed by atoms with E-state index in [0.717, 1.165) is 31.4 Å². The number of rotatable bonds is 4. The third kappa shape index (κ3) is 3.77. The number of aromatic nitrogens is 2. The molecule has 0 saturated carbocycles. The highest BCUT2D eigenvalue weighted by Gasteiger charge is 2.34. The maximum atomic E-state index is 13.2. The van der Waals surface area contributed by atoms with Gasteiger partial charge in [0.15, 0.2) is 0 Å². The molecule has 2 fully saturated rings. The van der Waals surface area contributed by atoms with Gasteiger partial charge in [0.1, 0.15) is 6.61 Å². The maximum absolute atomic E-state index is 13.2. The molecule has 0 aliphatic carbocycles. The highest BCUT2D eigenvalue weighted by molar-refractivity contribution is 5.95. The van der Waals surface area contributed by atoms with Crippen LogP contribution < -0.4 is 0 Å². The molecule has 2 aliphatic rings. The minimum absolute atomic E-state index is 0.0304. The van der Waals surface area contributed by atoms with Crippen LogP contribution in [-0.4, -0.2) is 70.7 Å². The number of amides is 2. The first-order chi connectivity index (χ1) is 12.5. The molecule has 0 bridgehead atoms. The number of hydrogen-bond donors (Lipinski definition) is 1. The molecule has 1 aromatic rings. The van der Waals surface area contributed by atoms with Gasteiger partial charge in [0.25, 0.3) is 5.91 Å². The predicted octanol–water partition coefficient (Wildman–Crippen LogP) is 2.17. The molecule has 2 aliphatic heterocycles. The Labute approximate surface area is 155 Å². The van der Waals surface area contributed by atoms with Gasteiger partial charge in [0.2, 0.25) is 5.91 Å². The van der Waals surface area contributed by atoms with Gasteiger partial charge in [-0.25, -0.2) is 0 Å². The van der Waals surface area contributed by atoms with E-state index in [1.54, 1.807) is 6.20 Å². The fourth-order valence-corrected chi connectivity index (χ4v) is 4.37. The Morgan fingerprint density at radius 3 is 2.46 bits per heavy atom. The lowest BCUT2D eigenvalue weighted by Gasteiger charge is -2.39. The van der Waals surface area contributed by atoms with Crippen molar-refractivity contribution in [1.29, 1.82) is 0 Å². The van der Waals surface area contributed by atoms with E-state index in [9.17, 15) is 9.59 Å². The van der Waals surface area contributed by atoms with Crippen LogP contribution in [0.15, 0.2) is 6.20 Å². The van der Waals surface area contributed by atoms with Gasteiger partial charge >= 0.3 is 0 Å². The summed E-state index contributed by atoms with van der Waals surface area (Å²) in [6, 6.07) is 0.532. The molecule has 3 rings (SSSR count). The molecule has 26 heavy (non-hydrogen) atoms. The lowest BCUT2D eigenvalue weighted by atomic mass is 9.90. The first-order valence-electron chi connectivity index (χ1n) is 9.65. The lowest BCUT2D eigenvalue weighted by molar-refractivity contribution is -0.136. The number of carbonyl (C=O) groups is 2. The SMILES string of the molecule is COCC(=O)N1CCC(c2[nH]ncc2C(=O)N2C(C)CCCC2C)CC1. The van der Waals surface area contributed by atoms with Gasteiger partial charge < -0.3 is 14.5 Å². The molecule has 2 saturated heterocycles. The molecule has 2 unspecified atom stereocenters. The van der Waals surface area contributed by atoms with Gasteiger partial charge in [-0.05, 0) is 46.0 Å². The summed E-state index contributed by atoms with van der Waals surface area (Å²) in [5.74, 6) is 0.354. The first-order valence-corrected chi connectivity index (χ1v) is 9.65. The zero-order valence-corrected chi connectivity index (χ0v) is 16.0. The van der Waals surface area contributed by atoms with Crippen LogP contribution in [0.5, 0.6) is 0 Å². The van der Waals surface area contributed by atoms with Crippen molar-refractivity contribution >= 4 is 11.8 Å². The molecule has 1 aromatic heterocycles. The van der Waals surface area contributed by atoms with Gasteiger partial charge in [0.05, 0.1) is 17.5 Å². The van der Waals surface area contributed by atoms with Crippen LogP contribution in [0.25, 0.3) is 0 Å². The van der Waals surface area contributed by atoms with Crippen molar-refractivity contribution in [2.24, 2.45) is 0 Å². The third-order valence-electron chi connectivity index (χ3n) is 5.85. The van der Waals surface area contributed by atoms with Crippen LogP contribution in [0.2, 0.25) is 0 Å². The Kier molecular flexibility index (Phi) is 5.96. The third-order valence-corrected chi connectivity index (χ3v) is 5.85. The van der Waals surface area contributed by atoms with E-state index in [-0.39, 0.29) is 36.4 Å². The topological polar surface area (TPSA) is 78.5 Å². The summed E-state index contributed by atoms with van der Waals surface area (Å²) in [7, 11) is 1.54. The minimum atomic E-state index is 0.0304. The number of piperidine rings is 2. The number of carbonyl (C=O) groups excluding carboxylic acids is 2. The Morgan fingerprint density at radius 1 is 1.19 bits per heavy atom. The molecule has 1 N–H and O–H groups in total. The predicted molar refractivity (Wildman–Crippen MR) is 98.0 cm³/mol. The van der Waals surface area contributed by atoms with Crippen LogP contribution in [0.1, 0.15) is 67.9 Å². The van der Waals surface area contributed by atoms with Crippen molar-refractivity contribution in [1.82, 2.24) is 20.0 Å². The van der Waals surface area contributed by atoms with Crippen molar-refractivity contribution in [2.45, 2.75) is 64.0 Å². The highest BCUT2D eigenvalue weighted by Crippen LogP contribution is 2.31. The van der Waals surface area contributed by atoms with E-state index < -0.39 is 0 Å². The fraction of sp³-hybridized carbons (Fsp3) is 0.737. The quantitative estimate of drug-likeness (QED) is 0.890. The van der Waals surface area contributed by atoms with Crippen molar-refractivity contribution in [3.8, 4) is 0 Å². The number of nitrogens with one attached hydrogen (secondary N) is 1. The van der Waals surface area contributed by atoms with Crippen molar-refractivity contribution < 1.29 is 14.3 Å². The molecular weight excluding hydrogens is 332 g/mol. The number of ether oxygens (including phenoxy) is 1. The second-order valence-corrected chi connectivity index (χ2v) is 7.63. The molecule has 0 spiro atoms. The average molecular weight is 362 g/mol. The van der Waals surface area contributed by atoms with Gasteiger partial charge in [-0.2, -0.15) is 5.10 Å². The van der Waals surface area contributed by atoms with Crippen LogP contribution in [0.3, 0.4) is 0 Å². The second-order valence-electron chi connectivity index (χ2n) is 7.63. The van der Waals surface area contributed by atoms with Crippen LogP contribution in [0, 0.1) is 0 Å². The highest BCUT2D eigenvalue weighted by atomic mass is 16.5. The van der Waals surface area contributed by atoms with Crippen LogP contribution in [-0.2, 0) is 9.53 Å². The van der Waals surface area contributed by atoms with Gasteiger partial charge in [-0.15, -0.1) is 0 Å². The summed E-state index contributed by atoms with van der Waals surface area (Å²) in [4.78, 5) is 29.0. The summed E-state index contributed by atoms with van der Waals surface area (Å²) < 4.78 is 4.94.